The van der Waals surface area contributed by atoms with Crippen molar-refractivity contribution in [2.24, 2.45) is 0 Å². The fourth-order valence-corrected chi connectivity index (χ4v) is 3.79. The minimum absolute atomic E-state index is 0.240. The second-order valence-electron chi connectivity index (χ2n) is 5.36. The van der Waals surface area contributed by atoms with Crippen LogP contribution in [0.25, 0.3) is 0 Å². The van der Waals surface area contributed by atoms with E-state index in [1.165, 1.54) is 19.3 Å². The lowest BCUT2D eigenvalue weighted by molar-refractivity contribution is 0.181. The fraction of sp³-hybridized carbons (Fsp3) is 0.923. The summed E-state index contributed by atoms with van der Waals surface area (Å²) in [5.41, 5.74) is 0. The standard InChI is InChI=1S/C13H25N2O2S/c16-18(17)13(15-10-5-2-6-11-15)7-12-14-8-3-1-4-9-14/h2,13,18H,1,3-12H2. The molecule has 2 aliphatic heterocycles. The van der Waals surface area contributed by atoms with Gasteiger partial charge in [0.1, 0.15) is 5.37 Å². The van der Waals surface area contributed by atoms with Gasteiger partial charge in [-0.15, -0.1) is 0 Å². The third-order valence-corrected chi connectivity index (χ3v) is 5.13. The van der Waals surface area contributed by atoms with Crippen LogP contribution in [0.1, 0.15) is 38.5 Å². The van der Waals surface area contributed by atoms with Crippen LogP contribution in [0.15, 0.2) is 0 Å². The number of hydrogen-bond donors (Lipinski definition) is 1. The molecule has 2 fully saturated rings. The summed E-state index contributed by atoms with van der Waals surface area (Å²) in [4.78, 5) is 4.57. The summed E-state index contributed by atoms with van der Waals surface area (Å²) in [6.45, 7) is 5.06. The molecule has 1 unspecified atom stereocenters. The Morgan fingerprint density at radius 3 is 2.28 bits per heavy atom. The monoisotopic (exact) mass is 273 g/mol. The molecule has 1 atom stereocenters. The van der Waals surface area contributed by atoms with Crippen LogP contribution < -0.4 is 0 Å². The minimum Gasteiger partial charge on any atom is -0.303 e. The molecule has 0 amide bonds. The maximum Gasteiger partial charge on any atom is 0.156 e. The van der Waals surface area contributed by atoms with Crippen LogP contribution in [0.4, 0.5) is 0 Å². The molecule has 0 aliphatic carbocycles. The lowest BCUT2D eigenvalue weighted by Gasteiger charge is -2.33. The third kappa shape index (κ3) is 4.21. The molecule has 0 N–H and O–H groups in total. The predicted octanol–water partition coefficient (Wildman–Crippen LogP) is 1.10. The van der Waals surface area contributed by atoms with Crippen molar-refractivity contribution in [3.63, 3.8) is 0 Å². The van der Waals surface area contributed by atoms with Crippen molar-refractivity contribution < 1.29 is 8.42 Å². The largest absolute Gasteiger partial charge is 0.303 e. The van der Waals surface area contributed by atoms with Gasteiger partial charge >= 0.3 is 0 Å². The number of hydrogen-bond acceptors (Lipinski definition) is 4. The highest BCUT2D eigenvalue weighted by atomic mass is 32.2. The molecule has 0 aromatic rings. The van der Waals surface area contributed by atoms with Crippen LogP contribution in [0.2, 0.25) is 0 Å². The average molecular weight is 273 g/mol. The Labute approximate surface area is 112 Å². The van der Waals surface area contributed by atoms with E-state index in [0.29, 0.717) is 0 Å². The molecule has 0 aromatic carbocycles. The van der Waals surface area contributed by atoms with Crippen LogP contribution in [0.3, 0.4) is 0 Å². The maximum atomic E-state index is 11.4. The molecular formula is C13H25N2O2S. The summed E-state index contributed by atoms with van der Waals surface area (Å²) in [5.74, 6) is 0. The third-order valence-electron chi connectivity index (χ3n) is 4.06. The van der Waals surface area contributed by atoms with Gasteiger partial charge in [-0.2, -0.15) is 0 Å². The first-order valence-electron chi connectivity index (χ1n) is 7.19. The Hall–Kier alpha value is -0.130. The Kier molecular flexibility index (Phi) is 5.92. The van der Waals surface area contributed by atoms with Crippen LogP contribution in [-0.4, -0.2) is 56.3 Å². The Bertz CT molecular complexity index is 300. The van der Waals surface area contributed by atoms with Crippen molar-refractivity contribution in [2.45, 2.75) is 43.9 Å². The molecule has 2 aliphatic rings. The zero-order valence-electron chi connectivity index (χ0n) is 11.1. The zero-order valence-corrected chi connectivity index (χ0v) is 12.0. The summed E-state index contributed by atoms with van der Waals surface area (Å²) in [7, 11) is -2.33. The minimum atomic E-state index is -2.33. The molecule has 2 saturated heterocycles. The van der Waals surface area contributed by atoms with Gasteiger partial charge in [-0.05, 0) is 64.7 Å². The van der Waals surface area contributed by atoms with Crippen molar-refractivity contribution in [2.75, 3.05) is 32.7 Å². The van der Waals surface area contributed by atoms with Crippen LogP contribution in [0.5, 0.6) is 0 Å². The van der Waals surface area contributed by atoms with Crippen molar-refractivity contribution >= 4 is 10.7 Å². The average Bonchev–Trinajstić information content (AvgIpc) is 2.41. The number of thiol groups is 1. The van der Waals surface area contributed by atoms with E-state index in [1.54, 1.807) is 0 Å². The molecule has 0 saturated carbocycles. The van der Waals surface area contributed by atoms with Crippen LogP contribution in [0, 0.1) is 6.42 Å². The first-order chi connectivity index (χ1) is 8.77. The summed E-state index contributed by atoms with van der Waals surface area (Å²) < 4.78 is 22.9. The molecule has 0 spiro atoms. The van der Waals surface area contributed by atoms with Gasteiger partial charge in [-0.25, -0.2) is 8.42 Å². The summed E-state index contributed by atoms with van der Waals surface area (Å²) in [6.07, 6.45) is 8.97. The predicted molar refractivity (Wildman–Crippen MR) is 74.1 cm³/mol. The first kappa shape index (κ1) is 14.3. The second kappa shape index (κ2) is 7.46. The van der Waals surface area contributed by atoms with E-state index in [0.717, 1.165) is 52.0 Å². The van der Waals surface area contributed by atoms with E-state index < -0.39 is 10.7 Å². The normalized spacial score (nSPS) is 25.4. The van der Waals surface area contributed by atoms with Gasteiger partial charge in [0.15, 0.2) is 10.7 Å². The first-order valence-corrected chi connectivity index (χ1v) is 8.43. The summed E-state index contributed by atoms with van der Waals surface area (Å²) in [5, 5.41) is -0.240. The number of nitrogens with zero attached hydrogens (tertiary/aromatic N) is 2. The Balaban J connectivity index is 1.81. The van der Waals surface area contributed by atoms with E-state index in [-0.39, 0.29) is 5.37 Å². The molecule has 105 valence electrons. The van der Waals surface area contributed by atoms with Crippen molar-refractivity contribution in [1.29, 1.82) is 0 Å². The highest BCUT2D eigenvalue weighted by Gasteiger charge is 2.23. The maximum absolute atomic E-state index is 11.4. The van der Waals surface area contributed by atoms with Gasteiger partial charge < -0.3 is 4.90 Å². The molecule has 0 aromatic heterocycles. The van der Waals surface area contributed by atoms with Crippen molar-refractivity contribution in [1.82, 2.24) is 9.80 Å². The number of likely N-dealkylation sites (tertiary alicyclic amines) is 2. The van der Waals surface area contributed by atoms with Gasteiger partial charge in [0.25, 0.3) is 0 Å². The quantitative estimate of drug-likeness (QED) is 0.762. The topological polar surface area (TPSA) is 40.6 Å². The van der Waals surface area contributed by atoms with Gasteiger partial charge in [0.05, 0.1) is 0 Å². The van der Waals surface area contributed by atoms with Crippen LogP contribution in [-0.2, 0) is 10.7 Å². The molecular weight excluding hydrogens is 248 g/mol. The SMILES string of the molecule is O=[SH](=O)C(CCN1CCCCC1)N1CC[CH]CC1. The second-order valence-corrected chi connectivity index (χ2v) is 6.53. The van der Waals surface area contributed by atoms with E-state index in [1.807, 2.05) is 0 Å². The number of piperidine rings is 2. The van der Waals surface area contributed by atoms with Gasteiger partial charge in [-0.3, -0.25) is 4.90 Å². The fourth-order valence-electron chi connectivity index (χ4n) is 2.97. The summed E-state index contributed by atoms with van der Waals surface area (Å²) in [6, 6.07) is 0. The molecule has 4 nitrogen and oxygen atoms in total. The lowest BCUT2D eigenvalue weighted by atomic mass is 10.1. The highest BCUT2D eigenvalue weighted by molar-refractivity contribution is 7.73. The smallest absolute Gasteiger partial charge is 0.156 e. The molecule has 0 bridgehead atoms. The molecule has 18 heavy (non-hydrogen) atoms. The molecule has 2 heterocycles. The summed E-state index contributed by atoms with van der Waals surface area (Å²) >= 11 is 0. The number of rotatable bonds is 5. The van der Waals surface area contributed by atoms with E-state index in [4.69, 9.17) is 0 Å². The Morgan fingerprint density at radius 1 is 1.00 bits per heavy atom. The van der Waals surface area contributed by atoms with Crippen molar-refractivity contribution in [3.05, 3.63) is 6.42 Å². The van der Waals surface area contributed by atoms with E-state index in [9.17, 15) is 8.42 Å². The van der Waals surface area contributed by atoms with Crippen LogP contribution >= 0.6 is 0 Å². The molecule has 1 radical (unpaired) electrons. The zero-order chi connectivity index (χ0) is 12.8. The van der Waals surface area contributed by atoms with Gasteiger partial charge in [0.2, 0.25) is 0 Å². The highest BCUT2D eigenvalue weighted by Crippen LogP contribution is 2.16. The van der Waals surface area contributed by atoms with Gasteiger partial charge in [-0.1, -0.05) is 6.42 Å². The molecule has 5 heteroatoms. The Morgan fingerprint density at radius 2 is 1.67 bits per heavy atom. The van der Waals surface area contributed by atoms with Gasteiger partial charge in [0, 0.05) is 6.54 Å². The van der Waals surface area contributed by atoms with E-state index >= 15 is 0 Å². The van der Waals surface area contributed by atoms with E-state index in [2.05, 4.69) is 16.2 Å². The van der Waals surface area contributed by atoms with Crippen molar-refractivity contribution in [3.8, 4) is 0 Å². The molecule has 2 rings (SSSR count). The lowest BCUT2D eigenvalue weighted by Crippen LogP contribution is -2.42.